The second kappa shape index (κ2) is 13.6. The van der Waals surface area contributed by atoms with E-state index in [0.717, 1.165) is 49.9 Å². The predicted octanol–water partition coefficient (Wildman–Crippen LogP) is 13.5. The van der Waals surface area contributed by atoms with E-state index in [9.17, 15) is 0 Å². The number of aromatic nitrogens is 3. The molecule has 0 unspecified atom stereocenters. The van der Waals surface area contributed by atoms with Crippen LogP contribution in [-0.4, -0.2) is 15.0 Å². The first-order valence-electron chi connectivity index (χ1n) is 18.0. The lowest BCUT2D eigenvalue weighted by Gasteiger charge is -2.25. The second-order valence-electron chi connectivity index (χ2n) is 13.2. The Morgan fingerprint density at radius 1 is 0.352 bits per heavy atom. The summed E-state index contributed by atoms with van der Waals surface area (Å²) in [4.78, 5) is 17.7. The van der Waals surface area contributed by atoms with Crippen molar-refractivity contribution in [2.45, 2.75) is 0 Å². The minimum Gasteiger partial charge on any atom is -0.311 e. The van der Waals surface area contributed by atoms with E-state index in [2.05, 4.69) is 181 Å². The average Bonchev–Trinajstić information content (AvgIpc) is 3.63. The van der Waals surface area contributed by atoms with Crippen molar-refractivity contribution in [1.82, 2.24) is 15.0 Å². The highest BCUT2D eigenvalue weighted by Crippen LogP contribution is 2.42. The van der Waals surface area contributed by atoms with Crippen molar-refractivity contribution in [2.24, 2.45) is 0 Å². The number of hydrogen-bond acceptors (Lipinski definition) is 5. The summed E-state index contributed by atoms with van der Waals surface area (Å²) >= 11 is 1.81. The maximum absolute atomic E-state index is 5.20. The van der Waals surface area contributed by atoms with Crippen LogP contribution in [0.2, 0.25) is 0 Å². The molecule has 0 spiro atoms. The zero-order valence-corrected chi connectivity index (χ0v) is 30.0. The third kappa shape index (κ3) is 5.77. The van der Waals surface area contributed by atoms with Gasteiger partial charge in [-0.15, -0.1) is 11.3 Å². The largest absolute Gasteiger partial charge is 0.311 e. The molecule has 254 valence electrons. The summed E-state index contributed by atoms with van der Waals surface area (Å²) in [5.41, 5.74) is 8.65. The lowest BCUT2D eigenvalue weighted by Crippen LogP contribution is -2.09. The molecule has 2 aromatic heterocycles. The van der Waals surface area contributed by atoms with Gasteiger partial charge in [0.15, 0.2) is 17.5 Å². The third-order valence-electron chi connectivity index (χ3n) is 9.92. The Bertz CT molecular complexity index is 2880. The molecule has 0 saturated carbocycles. The Morgan fingerprint density at radius 2 is 0.907 bits per heavy atom. The van der Waals surface area contributed by atoms with E-state index in [4.69, 9.17) is 15.0 Å². The first-order chi connectivity index (χ1) is 26.8. The number of rotatable bonds is 7. The van der Waals surface area contributed by atoms with Gasteiger partial charge in [-0.1, -0.05) is 146 Å². The van der Waals surface area contributed by atoms with Gasteiger partial charge in [-0.25, -0.2) is 15.0 Å². The summed E-state index contributed by atoms with van der Waals surface area (Å²) < 4.78 is 2.42. The molecule has 0 aliphatic carbocycles. The zero-order chi connectivity index (χ0) is 35.8. The lowest BCUT2D eigenvalue weighted by molar-refractivity contribution is 1.08. The number of para-hydroxylation sites is 2. The van der Waals surface area contributed by atoms with E-state index in [-0.39, 0.29) is 0 Å². The van der Waals surface area contributed by atoms with Gasteiger partial charge in [0.05, 0.1) is 0 Å². The Hall–Kier alpha value is -6.95. The molecule has 0 aliphatic heterocycles. The van der Waals surface area contributed by atoms with Gasteiger partial charge in [0.25, 0.3) is 0 Å². The molecule has 0 aliphatic rings. The van der Waals surface area contributed by atoms with Gasteiger partial charge in [-0.3, -0.25) is 0 Å². The van der Waals surface area contributed by atoms with Gasteiger partial charge < -0.3 is 4.90 Å². The Labute approximate surface area is 317 Å². The van der Waals surface area contributed by atoms with Crippen molar-refractivity contribution in [2.75, 3.05) is 4.90 Å². The van der Waals surface area contributed by atoms with Crippen LogP contribution in [0.5, 0.6) is 0 Å². The molecule has 2 heterocycles. The van der Waals surface area contributed by atoms with Gasteiger partial charge in [-0.05, 0) is 70.4 Å². The van der Waals surface area contributed by atoms with E-state index in [1.807, 2.05) is 18.2 Å². The van der Waals surface area contributed by atoms with E-state index in [1.165, 1.54) is 25.9 Å². The quantitative estimate of drug-likeness (QED) is 0.165. The number of anilines is 3. The predicted molar refractivity (Wildman–Crippen MR) is 227 cm³/mol. The summed E-state index contributed by atoms with van der Waals surface area (Å²) in [5.74, 6) is 1.98. The number of hydrogen-bond donors (Lipinski definition) is 0. The molecule has 5 heteroatoms. The van der Waals surface area contributed by atoms with Crippen LogP contribution >= 0.6 is 11.3 Å². The van der Waals surface area contributed by atoms with Gasteiger partial charge in [-0.2, -0.15) is 0 Å². The van der Waals surface area contributed by atoms with Gasteiger partial charge in [0.2, 0.25) is 0 Å². The van der Waals surface area contributed by atoms with Crippen LogP contribution in [0.25, 0.3) is 76.2 Å². The summed E-state index contributed by atoms with van der Waals surface area (Å²) in [6.45, 7) is 0. The van der Waals surface area contributed by atoms with Crippen LogP contribution in [0.4, 0.5) is 17.1 Å². The fraction of sp³-hybridized carbons (Fsp3) is 0. The molecule has 0 atom stereocenters. The standard InChI is InChI=1S/C49H32N4S/c1-4-15-35(16-5-1)47-50-48(41-23-12-17-34-14-10-11-22-40(34)41)52-49(51-47)43-24-13-25-44-46(43)42-31-28-36(32-45(42)54-44)33-26-29-39(30-27-33)53(37-18-6-2-7-19-37)38-20-8-3-9-21-38/h1-32H. The van der Waals surface area contributed by atoms with Gasteiger partial charge >= 0.3 is 0 Å². The van der Waals surface area contributed by atoms with Crippen molar-refractivity contribution in [1.29, 1.82) is 0 Å². The zero-order valence-electron chi connectivity index (χ0n) is 29.2. The SMILES string of the molecule is c1ccc(-c2nc(-c3cccc4ccccc34)nc(-c3cccc4sc5cc(-c6ccc(N(c7ccccc7)c7ccccc7)cc6)ccc5c34)n2)cc1. The smallest absolute Gasteiger partial charge is 0.164 e. The highest BCUT2D eigenvalue weighted by molar-refractivity contribution is 7.26. The molecule has 10 rings (SSSR count). The summed E-state index contributed by atoms with van der Waals surface area (Å²) in [6, 6.07) is 68.0. The molecular weight excluding hydrogens is 677 g/mol. The fourth-order valence-electron chi connectivity index (χ4n) is 7.35. The molecule has 0 bridgehead atoms. The fourth-order valence-corrected chi connectivity index (χ4v) is 8.52. The normalized spacial score (nSPS) is 11.3. The molecule has 0 saturated heterocycles. The Kier molecular flexibility index (Phi) is 7.97. The van der Waals surface area contributed by atoms with E-state index in [1.54, 1.807) is 11.3 Å². The summed E-state index contributed by atoms with van der Waals surface area (Å²) in [7, 11) is 0. The minimum atomic E-state index is 0.656. The molecule has 8 aromatic carbocycles. The van der Waals surface area contributed by atoms with E-state index in [0.29, 0.717) is 17.5 Å². The van der Waals surface area contributed by atoms with Crippen molar-refractivity contribution < 1.29 is 0 Å². The van der Waals surface area contributed by atoms with Crippen LogP contribution in [0.3, 0.4) is 0 Å². The molecule has 4 nitrogen and oxygen atoms in total. The number of fused-ring (bicyclic) bond motifs is 4. The van der Waals surface area contributed by atoms with E-state index < -0.39 is 0 Å². The summed E-state index contributed by atoms with van der Waals surface area (Å²) in [5, 5.41) is 4.62. The number of nitrogens with zero attached hydrogens (tertiary/aromatic N) is 4. The molecule has 0 amide bonds. The van der Waals surface area contributed by atoms with Crippen LogP contribution in [0, 0.1) is 0 Å². The van der Waals surface area contributed by atoms with Crippen LogP contribution in [-0.2, 0) is 0 Å². The van der Waals surface area contributed by atoms with Gasteiger partial charge in [0, 0.05) is 53.9 Å². The topological polar surface area (TPSA) is 41.9 Å². The van der Waals surface area contributed by atoms with Crippen LogP contribution in [0.15, 0.2) is 194 Å². The molecule has 0 fully saturated rings. The van der Waals surface area contributed by atoms with E-state index >= 15 is 0 Å². The second-order valence-corrected chi connectivity index (χ2v) is 14.3. The van der Waals surface area contributed by atoms with Gasteiger partial charge in [0.1, 0.15) is 0 Å². The maximum Gasteiger partial charge on any atom is 0.164 e. The number of benzene rings is 8. The van der Waals surface area contributed by atoms with Crippen LogP contribution in [0.1, 0.15) is 0 Å². The Balaban J connectivity index is 1.07. The van der Waals surface area contributed by atoms with Crippen molar-refractivity contribution >= 4 is 59.3 Å². The number of thiophene rings is 1. The van der Waals surface area contributed by atoms with Crippen LogP contribution < -0.4 is 4.90 Å². The maximum atomic E-state index is 5.20. The molecule has 54 heavy (non-hydrogen) atoms. The molecular formula is C49H32N4S. The first-order valence-corrected chi connectivity index (χ1v) is 18.8. The first kappa shape index (κ1) is 31.8. The molecule has 0 N–H and O–H groups in total. The molecule has 10 aromatic rings. The summed E-state index contributed by atoms with van der Waals surface area (Å²) in [6.07, 6.45) is 0. The monoisotopic (exact) mass is 708 g/mol. The van der Waals surface area contributed by atoms with Crippen molar-refractivity contribution in [3.8, 4) is 45.3 Å². The highest BCUT2D eigenvalue weighted by Gasteiger charge is 2.19. The minimum absolute atomic E-state index is 0.656. The molecule has 0 radical (unpaired) electrons. The highest BCUT2D eigenvalue weighted by atomic mass is 32.1. The average molecular weight is 709 g/mol. The van der Waals surface area contributed by atoms with Crippen molar-refractivity contribution in [3.05, 3.63) is 194 Å². The Morgan fingerprint density at radius 3 is 1.65 bits per heavy atom. The lowest BCUT2D eigenvalue weighted by atomic mass is 10.0. The van der Waals surface area contributed by atoms with Crippen molar-refractivity contribution in [3.63, 3.8) is 0 Å². The third-order valence-corrected chi connectivity index (χ3v) is 11.0.